The molecule has 0 spiro atoms. The number of amides is 3. The predicted molar refractivity (Wildman–Crippen MR) is 122 cm³/mol. The molecule has 0 radical (unpaired) electrons. The summed E-state index contributed by atoms with van der Waals surface area (Å²) in [5, 5.41) is 17.1. The van der Waals surface area contributed by atoms with Crippen molar-refractivity contribution < 1.29 is 24.3 Å². The van der Waals surface area contributed by atoms with Crippen molar-refractivity contribution in [2.45, 2.75) is 64.7 Å². The molecule has 0 aliphatic heterocycles. The molecule has 0 saturated carbocycles. The Morgan fingerprint density at radius 1 is 1.06 bits per heavy atom. The van der Waals surface area contributed by atoms with Crippen molar-refractivity contribution in [3.05, 3.63) is 18.2 Å². The lowest BCUT2D eigenvalue weighted by molar-refractivity contribution is -0.142. The molecule has 0 aromatic carbocycles. The third kappa shape index (κ3) is 8.87. The number of carboxylic acids is 1. The molecule has 32 heavy (non-hydrogen) atoms. The van der Waals surface area contributed by atoms with Gasteiger partial charge in [0, 0.05) is 24.1 Å². The fourth-order valence-electron chi connectivity index (χ4n) is 2.95. The van der Waals surface area contributed by atoms with Crippen LogP contribution in [0.5, 0.6) is 0 Å². The average molecular weight is 471 g/mol. The van der Waals surface area contributed by atoms with Crippen LogP contribution in [0.2, 0.25) is 0 Å². The van der Waals surface area contributed by atoms with E-state index in [-0.39, 0.29) is 24.0 Å². The summed E-state index contributed by atoms with van der Waals surface area (Å²) < 4.78 is 0. The van der Waals surface area contributed by atoms with E-state index in [1.54, 1.807) is 13.8 Å². The molecule has 0 saturated heterocycles. The normalized spacial score (nSPS) is 15.0. The van der Waals surface area contributed by atoms with Crippen LogP contribution in [0.1, 0.15) is 39.8 Å². The van der Waals surface area contributed by atoms with Crippen molar-refractivity contribution in [2.75, 3.05) is 5.75 Å². The zero-order chi connectivity index (χ0) is 24.4. The van der Waals surface area contributed by atoms with Crippen molar-refractivity contribution in [3.63, 3.8) is 0 Å². The average Bonchev–Trinajstić information content (AvgIpc) is 3.21. The number of imidazole rings is 1. The number of aromatic amines is 1. The van der Waals surface area contributed by atoms with Crippen LogP contribution in [0, 0.1) is 11.8 Å². The summed E-state index contributed by atoms with van der Waals surface area (Å²) in [6.45, 7) is 7.28. The molecule has 1 rings (SSSR count). The molecule has 0 fully saturated rings. The van der Waals surface area contributed by atoms with Crippen LogP contribution >= 0.6 is 12.6 Å². The number of carbonyl (C=O) groups excluding carboxylic acids is 3. The van der Waals surface area contributed by atoms with Crippen molar-refractivity contribution in [1.82, 2.24) is 25.9 Å². The van der Waals surface area contributed by atoms with Crippen LogP contribution in [-0.2, 0) is 25.6 Å². The van der Waals surface area contributed by atoms with Crippen LogP contribution in [0.25, 0.3) is 0 Å². The van der Waals surface area contributed by atoms with Crippen LogP contribution < -0.4 is 21.7 Å². The van der Waals surface area contributed by atoms with Gasteiger partial charge in [-0.1, -0.05) is 27.7 Å². The molecule has 180 valence electrons. The Balaban J connectivity index is 2.81. The molecule has 3 amide bonds. The van der Waals surface area contributed by atoms with Gasteiger partial charge in [0.15, 0.2) is 0 Å². The molecule has 11 nitrogen and oxygen atoms in total. The molecule has 4 unspecified atom stereocenters. The van der Waals surface area contributed by atoms with E-state index >= 15 is 0 Å². The highest BCUT2D eigenvalue weighted by molar-refractivity contribution is 7.80. The number of aromatic nitrogens is 2. The van der Waals surface area contributed by atoms with Gasteiger partial charge in [-0.15, -0.1) is 0 Å². The molecule has 0 aliphatic carbocycles. The van der Waals surface area contributed by atoms with E-state index in [9.17, 15) is 24.3 Å². The van der Waals surface area contributed by atoms with Crippen LogP contribution in [0.15, 0.2) is 12.5 Å². The molecule has 4 atom stereocenters. The SMILES string of the molecule is CC(C)CC(N)C(=O)NC(CS)C(=O)NC(C(=O)NC(Cc1cnc[nH]1)C(=O)O)C(C)C. The van der Waals surface area contributed by atoms with E-state index < -0.39 is 47.9 Å². The second-order valence-electron chi connectivity index (χ2n) is 8.39. The van der Waals surface area contributed by atoms with Gasteiger partial charge in [0.1, 0.15) is 18.1 Å². The minimum atomic E-state index is -1.22. The number of carbonyl (C=O) groups is 4. The number of nitrogens with one attached hydrogen (secondary N) is 4. The van der Waals surface area contributed by atoms with E-state index in [1.165, 1.54) is 12.5 Å². The van der Waals surface area contributed by atoms with Gasteiger partial charge in [-0.2, -0.15) is 12.6 Å². The monoisotopic (exact) mass is 470 g/mol. The third-order valence-electron chi connectivity index (χ3n) is 4.72. The van der Waals surface area contributed by atoms with Crippen molar-refractivity contribution in [3.8, 4) is 0 Å². The maximum Gasteiger partial charge on any atom is 0.326 e. The van der Waals surface area contributed by atoms with Gasteiger partial charge in [-0.25, -0.2) is 9.78 Å². The summed E-state index contributed by atoms with van der Waals surface area (Å²) in [5.74, 6) is -3.11. The summed E-state index contributed by atoms with van der Waals surface area (Å²) in [6, 6.07) is -4.00. The van der Waals surface area contributed by atoms with Crippen LogP contribution in [-0.4, -0.2) is 68.7 Å². The zero-order valence-electron chi connectivity index (χ0n) is 18.8. The number of nitrogens with zero attached hydrogens (tertiary/aromatic N) is 1. The fourth-order valence-corrected chi connectivity index (χ4v) is 3.21. The Bertz CT molecular complexity index is 771. The Hall–Kier alpha value is -2.60. The maximum atomic E-state index is 12.8. The van der Waals surface area contributed by atoms with Crippen LogP contribution in [0.4, 0.5) is 0 Å². The Morgan fingerprint density at radius 3 is 2.16 bits per heavy atom. The van der Waals surface area contributed by atoms with Gasteiger partial charge in [0.05, 0.1) is 12.4 Å². The predicted octanol–water partition coefficient (Wildman–Crippen LogP) is -0.550. The molecule has 7 N–H and O–H groups in total. The van der Waals surface area contributed by atoms with Crippen LogP contribution in [0.3, 0.4) is 0 Å². The lowest BCUT2D eigenvalue weighted by Crippen LogP contribution is -2.59. The smallest absolute Gasteiger partial charge is 0.326 e. The number of hydrogen-bond donors (Lipinski definition) is 7. The fraction of sp³-hybridized carbons (Fsp3) is 0.650. The first-order valence-corrected chi connectivity index (χ1v) is 11.1. The molecule has 12 heteroatoms. The number of H-pyrrole nitrogens is 1. The van der Waals surface area contributed by atoms with Gasteiger partial charge in [-0.05, 0) is 18.3 Å². The highest BCUT2D eigenvalue weighted by Crippen LogP contribution is 2.07. The highest BCUT2D eigenvalue weighted by atomic mass is 32.1. The second kappa shape index (κ2) is 13.1. The second-order valence-corrected chi connectivity index (χ2v) is 8.76. The summed E-state index contributed by atoms with van der Waals surface area (Å²) in [4.78, 5) is 56.0. The third-order valence-corrected chi connectivity index (χ3v) is 5.08. The minimum absolute atomic E-state index is 0.00287. The lowest BCUT2D eigenvalue weighted by Gasteiger charge is -2.26. The van der Waals surface area contributed by atoms with Gasteiger partial charge < -0.3 is 31.8 Å². The molecule has 1 aromatic rings. The van der Waals surface area contributed by atoms with Gasteiger partial charge >= 0.3 is 5.97 Å². The number of rotatable bonds is 13. The van der Waals surface area contributed by atoms with E-state index in [0.717, 1.165) is 0 Å². The van der Waals surface area contributed by atoms with Gasteiger partial charge in [0.2, 0.25) is 17.7 Å². The number of carboxylic acid groups (broad SMARTS) is 1. The molecule has 1 aromatic heterocycles. The summed E-state index contributed by atoms with van der Waals surface area (Å²) >= 11 is 4.12. The quantitative estimate of drug-likeness (QED) is 0.189. The van der Waals surface area contributed by atoms with E-state index in [1.807, 2.05) is 13.8 Å². The van der Waals surface area contributed by atoms with Crippen molar-refractivity contribution in [1.29, 1.82) is 0 Å². The molecular formula is C20H34N6O5S. The highest BCUT2D eigenvalue weighted by Gasteiger charge is 2.31. The first kappa shape index (κ1) is 27.4. The number of nitrogens with two attached hydrogens (primary N) is 1. The maximum absolute atomic E-state index is 12.8. The summed E-state index contributed by atoms with van der Waals surface area (Å²) in [6.07, 6.45) is 3.33. The van der Waals surface area contributed by atoms with E-state index in [4.69, 9.17) is 5.73 Å². The topological polar surface area (TPSA) is 179 Å². The Labute approximate surface area is 193 Å². The largest absolute Gasteiger partial charge is 0.480 e. The van der Waals surface area contributed by atoms with Crippen molar-refractivity contribution >= 4 is 36.3 Å². The first-order chi connectivity index (χ1) is 15.0. The van der Waals surface area contributed by atoms with Gasteiger partial charge in [-0.3, -0.25) is 14.4 Å². The lowest BCUT2D eigenvalue weighted by atomic mass is 10.0. The number of aliphatic carboxylic acids is 1. The zero-order valence-corrected chi connectivity index (χ0v) is 19.7. The van der Waals surface area contributed by atoms with Crippen molar-refractivity contribution in [2.24, 2.45) is 17.6 Å². The molecule has 0 aliphatic rings. The standard InChI is InChI=1S/C20H34N6O5S/c1-10(2)5-13(21)17(27)25-15(8-32)18(28)26-16(11(3)4)19(29)24-14(20(30)31)6-12-7-22-9-23-12/h7,9-11,13-16,32H,5-6,8,21H2,1-4H3,(H,22,23)(H,24,29)(H,25,27)(H,26,28)(H,30,31). The minimum Gasteiger partial charge on any atom is -0.480 e. The molecule has 1 heterocycles. The van der Waals surface area contributed by atoms with Gasteiger partial charge in [0.25, 0.3) is 0 Å². The summed E-state index contributed by atoms with van der Waals surface area (Å²) in [5.41, 5.74) is 6.40. The number of hydrogen-bond acceptors (Lipinski definition) is 7. The molecular weight excluding hydrogens is 436 g/mol. The van der Waals surface area contributed by atoms with E-state index in [2.05, 4.69) is 38.5 Å². The Kier molecular flexibility index (Phi) is 11.2. The Morgan fingerprint density at radius 2 is 1.69 bits per heavy atom. The number of thiol groups is 1. The summed E-state index contributed by atoms with van der Waals surface area (Å²) in [7, 11) is 0. The first-order valence-electron chi connectivity index (χ1n) is 10.4. The van der Waals surface area contributed by atoms with E-state index in [0.29, 0.717) is 12.1 Å². The molecule has 0 bridgehead atoms.